The fourth-order valence-corrected chi connectivity index (χ4v) is 5.13. The molecular weight excluding hydrogens is 534 g/mol. The van der Waals surface area contributed by atoms with Crippen LogP contribution in [0.4, 0.5) is 4.79 Å². The summed E-state index contributed by atoms with van der Waals surface area (Å²) in [5.74, 6) is -1.21. The van der Waals surface area contributed by atoms with Crippen molar-refractivity contribution in [1.29, 1.82) is 0 Å². The van der Waals surface area contributed by atoms with Crippen LogP contribution in [0.2, 0.25) is 0 Å². The Labute approximate surface area is 204 Å². The van der Waals surface area contributed by atoms with Gasteiger partial charge in [0.2, 0.25) is 0 Å². The average Bonchev–Trinajstić information content (AvgIpc) is 2.97. The highest BCUT2D eigenvalue weighted by Crippen LogP contribution is 2.34. The Hall–Kier alpha value is -2.63. The second-order valence-corrected chi connectivity index (χ2v) is 10.7. The van der Waals surface area contributed by atoms with E-state index in [0.29, 0.717) is 21.8 Å². The van der Waals surface area contributed by atoms with Gasteiger partial charge in [-0.15, -0.1) is 0 Å². The number of hydrogen-bond donors (Lipinski definition) is 0. The van der Waals surface area contributed by atoms with Gasteiger partial charge in [0, 0.05) is 0 Å². The second kappa shape index (κ2) is 10.1. The van der Waals surface area contributed by atoms with E-state index in [-0.39, 0.29) is 21.7 Å². The summed E-state index contributed by atoms with van der Waals surface area (Å²) in [6.07, 6.45) is 1.11. The van der Waals surface area contributed by atoms with Crippen molar-refractivity contribution >= 4 is 61.0 Å². The number of hydrogen-bond acceptors (Lipinski definition) is 8. The standard InChI is InChI=1S/C22H20BrNO7S2/c1-13(2)30-20(25)12-24-21(26)19(32-22(24)27)11-15-6-9-18(17(23)10-15)31-33(28,29)16-7-4-14(3)5-8-16/h4-11,13H,12H2,1-3H3/b19-11-. The molecule has 11 heteroatoms. The van der Waals surface area contributed by atoms with Crippen molar-refractivity contribution in [3.05, 3.63) is 63.0 Å². The lowest BCUT2D eigenvalue weighted by Crippen LogP contribution is -2.35. The molecule has 2 aromatic rings. The molecule has 3 rings (SSSR count). The predicted octanol–water partition coefficient (Wildman–Crippen LogP) is 4.51. The molecule has 0 aliphatic carbocycles. The zero-order chi connectivity index (χ0) is 24.3. The van der Waals surface area contributed by atoms with Gasteiger partial charge in [0.1, 0.15) is 11.4 Å². The van der Waals surface area contributed by atoms with Crippen LogP contribution in [-0.2, 0) is 24.4 Å². The molecule has 2 aromatic carbocycles. The largest absolute Gasteiger partial charge is 0.462 e. The van der Waals surface area contributed by atoms with E-state index in [1.807, 2.05) is 6.92 Å². The number of thioether (sulfide) groups is 1. The van der Waals surface area contributed by atoms with E-state index >= 15 is 0 Å². The highest BCUT2D eigenvalue weighted by atomic mass is 79.9. The van der Waals surface area contributed by atoms with Crippen LogP contribution in [0.15, 0.2) is 56.7 Å². The van der Waals surface area contributed by atoms with E-state index in [9.17, 15) is 22.8 Å². The van der Waals surface area contributed by atoms with Crippen molar-refractivity contribution in [2.24, 2.45) is 0 Å². The van der Waals surface area contributed by atoms with Crippen molar-refractivity contribution in [3.8, 4) is 5.75 Å². The molecule has 8 nitrogen and oxygen atoms in total. The number of imide groups is 1. The molecule has 1 fully saturated rings. The van der Waals surface area contributed by atoms with Crippen molar-refractivity contribution < 1.29 is 31.7 Å². The SMILES string of the molecule is Cc1ccc(S(=O)(=O)Oc2ccc(/C=C3\SC(=O)N(CC(=O)OC(C)C)C3=O)cc2Br)cc1. The number of benzene rings is 2. The number of carbonyl (C=O) groups excluding carboxylic acids is 3. The quantitative estimate of drug-likeness (QED) is 0.280. The summed E-state index contributed by atoms with van der Waals surface area (Å²) in [4.78, 5) is 37.5. The summed E-state index contributed by atoms with van der Waals surface area (Å²) < 4.78 is 35.6. The molecule has 0 aromatic heterocycles. The first-order chi connectivity index (χ1) is 15.5. The lowest BCUT2D eigenvalue weighted by Gasteiger charge is -2.13. The minimum atomic E-state index is -4.03. The minimum Gasteiger partial charge on any atom is -0.462 e. The molecule has 0 N–H and O–H groups in total. The Bertz CT molecular complexity index is 1240. The number of halogens is 1. The normalized spacial score (nSPS) is 15.4. The van der Waals surface area contributed by atoms with Gasteiger partial charge in [0.25, 0.3) is 11.1 Å². The van der Waals surface area contributed by atoms with Crippen LogP contribution in [0, 0.1) is 6.92 Å². The van der Waals surface area contributed by atoms with Gasteiger partial charge < -0.3 is 8.92 Å². The lowest BCUT2D eigenvalue weighted by molar-refractivity contribution is -0.149. The Morgan fingerprint density at radius 2 is 1.82 bits per heavy atom. The number of esters is 1. The van der Waals surface area contributed by atoms with Crippen molar-refractivity contribution in [1.82, 2.24) is 4.90 Å². The van der Waals surface area contributed by atoms with Gasteiger partial charge in [-0.25, -0.2) is 0 Å². The Balaban J connectivity index is 1.76. The molecule has 1 aliphatic heterocycles. The van der Waals surface area contributed by atoms with E-state index in [2.05, 4.69) is 15.9 Å². The Kier molecular flexibility index (Phi) is 7.65. The third-order valence-electron chi connectivity index (χ3n) is 4.29. The van der Waals surface area contributed by atoms with Crippen LogP contribution >= 0.6 is 27.7 Å². The predicted molar refractivity (Wildman–Crippen MR) is 127 cm³/mol. The van der Waals surface area contributed by atoms with E-state index in [1.165, 1.54) is 24.3 Å². The van der Waals surface area contributed by atoms with Crippen LogP contribution in [0.5, 0.6) is 5.75 Å². The molecule has 1 saturated heterocycles. The molecule has 2 amide bonds. The van der Waals surface area contributed by atoms with Gasteiger partial charge in [-0.1, -0.05) is 23.8 Å². The fourth-order valence-electron chi connectivity index (χ4n) is 2.76. The summed E-state index contributed by atoms with van der Waals surface area (Å²) >= 11 is 3.98. The summed E-state index contributed by atoms with van der Waals surface area (Å²) in [6.45, 7) is 4.72. The van der Waals surface area contributed by atoms with Crippen LogP contribution in [0.1, 0.15) is 25.0 Å². The highest BCUT2D eigenvalue weighted by molar-refractivity contribution is 9.10. The first kappa shape index (κ1) is 25.0. The summed E-state index contributed by atoms with van der Waals surface area (Å²) in [7, 11) is -4.03. The van der Waals surface area contributed by atoms with Crippen molar-refractivity contribution in [3.63, 3.8) is 0 Å². The highest BCUT2D eigenvalue weighted by Gasteiger charge is 2.36. The Morgan fingerprint density at radius 3 is 2.42 bits per heavy atom. The van der Waals surface area contributed by atoms with Gasteiger partial charge in [-0.3, -0.25) is 19.3 Å². The van der Waals surface area contributed by atoms with Gasteiger partial charge in [0.05, 0.1) is 15.5 Å². The number of carbonyl (C=O) groups is 3. The number of rotatable bonds is 7. The molecule has 33 heavy (non-hydrogen) atoms. The maximum atomic E-state index is 12.6. The molecule has 1 heterocycles. The zero-order valence-electron chi connectivity index (χ0n) is 17.9. The lowest BCUT2D eigenvalue weighted by atomic mass is 10.2. The van der Waals surface area contributed by atoms with Crippen LogP contribution in [-0.4, -0.2) is 43.1 Å². The van der Waals surface area contributed by atoms with Gasteiger partial charge in [-0.05, 0) is 84.4 Å². The molecule has 0 radical (unpaired) electrons. The number of ether oxygens (including phenoxy) is 1. The van der Waals surface area contributed by atoms with Crippen molar-refractivity contribution in [2.45, 2.75) is 31.8 Å². The molecule has 0 unspecified atom stereocenters. The minimum absolute atomic E-state index is 0.0220. The summed E-state index contributed by atoms with van der Waals surface area (Å²) in [5.41, 5.74) is 1.44. The van der Waals surface area contributed by atoms with Gasteiger partial charge in [0.15, 0.2) is 5.75 Å². The van der Waals surface area contributed by atoms with Crippen LogP contribution in [0.25, 0.3) is 6.08 Å². The number of nitrogens with zero attached hydrogens (tertiary/aromatic N) is 1. The third kappa shape index (κ3) is 6.24. The van der Waals surface area contributed by atoms with Crippen molar-refractivity contribution in [2.75, 3.05) is 6.54 Å². The van der Waals surface area contributed by atoms with Gasteiger partial charge in [-0.2, -0.15) is 8.42 Å². The van der Waals surface area contributed by atoms with Crippen LogP contribution in [0.3, 0.4) is 0 Å². The zero-order valence-corrected chi connectivity index (χ0v) is 21.1. The summed E-state index contributed by atoms with van der Waals surface area (Å²) in [5, 5.41) is -0.574. The molecule has 1 aliphatic rings. The number of amides is 2. The maximum Gasteiger partial charge on any atom is 0.339 e. The van der Waals surface area contributed by atoms with Gasteiger partial charge >= 0.3 is 16.1 Å². The van der Waals surface area contributed by atoms with E-state index in [0.717, 1.165) is 10.5 Å². The third-order valence-corrected chi connectivity index (χ3v) is 7.07. The molecule has 0 atom stereocenters. The molecule has 174 valence electrons. The smallest absolute Gasteiger partial charge is 0.339 e. The fraction of sp³-hybridized carbons (Fsp3) is 0.227. The van der Waals surface area contributed by atoms with E-state index in [1.54, 1.807) is 38.1 Å². The monoisotopic (exact) mass is 553 g/mol. The first-order valence-electron chi connectivity index (χ1n) is 9.72. The van der Waals surface area contributed by atoms with Crippen LogP contribution < -0.4 is 4.18 Å². The topological polar surface area (TPSA) is 107 Å². The molecular formula is C22H20BrNO7S2. The molecule has 0 bridgehead atoms. The first-order valence-corrected chi connectivity index (χ1v) is 12.7. The number of aryl methyl sites for hydroxylation is 1. The molecule has 0 spiro atoms. The summed E-state index contributed by atoms with van der Waals surface area (Å²) in [6, 6.07) is 10.8. The maximum absolute atomic E-state index is 12.6. The average molecular weight is 554 g/mol. The Morgan fingerprint density at radius 1 is 1.15 bits per heavy atom. The van der Waals surface area contributed by atoms with E-state index in [4.69, 9.17) is 8.92 Å². The molecule has 0 saturated carbocycles. The second-order valence-electron chi connectivity index (χ2n) is 7.35. The van der Waals surface area contributed by atoms with E-state index < -0.39 is 33.8 Å².